The van der Waals surface area contributed by atoms with Gasteiger partial charge in [-0.05, 0) is 33.7 Å². The molecule has 0 aromatic heterocycles. The molecule has 3 unspecified atom stereocenters. The van der Waals surface area contributed by atoms with E-state index in [0.717, 1.165) is 12.8 Å². The number of hydrogen-bond acceptors (Lipinski definition) is 4. The molecule has 1 aliphatic rings. The lowest BCUT2D eigenvalue weighted by atomic mass is 10.0. The van der Waals surface area contributed by atoms with E-state index in [1.54, 1.807) is 0 Å². The lowest BCUT2D eigenvalue weighted by molar-refractivity contribution is -0.144. The van der Waals surface area contributed by atoms with Gasteiger partial charge in [0.05, 0.1) is 25.2 Å². The van der Waals surface area contributed by atoms with Gasteiger partial charge in [-0.25, -0.2) is 0 Å². The molecule has 0 spiro atoms. The first kappa shape index (κ1) is 12.5. The van der Waals surface area contributed by atoms with Gasteiger partial charge < -0.3 is 14.8 Å². The van der Waals surface area contributed by atoms with E-state index in [0.29, 0.717) is 19.1 Å². The summed E-state index contributed by atoms with van der Waals surface area (Å²) < 4.78 is 10.6. The van der Waals surface area contributed by atoms with E-state index in [-0.39, 0.29) is 18.1 Å². The van der Waals surface area contributed by atoms with Gasteiger partial charge in [-0.1, -0.05) is 0 Å². The lowest BCUT2D eigenvalue weighted by Gasteiger charge is -2.22. The largest absolute Gasteiger partial charge is 0.466 e. The topological polar surface area (TPSA) is 47.6 Å². The molecule has 0 aromatic carbocycles. The van der Waals surface area contributed by atoms with Crippen LogP contribution in [0.4, 0.5) is 0 Å². The number of carbonyl (C=O) groups excluding carboxylic acids is 1. The van der Waals surface area contributed by atoms with Gasteiger partial charge in [0.15, 0.2) is 0 Å². The van der Waals surface area contributed by atoms with Crippen LogP contribution in [0.5, 0.6) is 0 Å². The fraction of sp³-hybridized carbons (Fsp3) is 0.909. The fourth-order valence-electron chi connectivity index (χ4n) is 1.95. The molecular weight excluding hydrogens is 194 g/mol. The van der Waals surface area contributed by atoms with Crippen molar-refractivity contribution in [3.05, 3.63) is 0 Å². The first-order valence-electron chi connectivity index (χ1n) is 5.65. The number of hydrogen-bond donors (Lipinski definition) is 1. The van der Waals surface area contributed by atoms with Crippen LogP contribution in [-0.2, 0) is 14.3 Å². The average Bonchev–Trinajstić information content (AvgIpc) is 2.61. The molecule has 1 rings (SSSR count). The van der Waals surface area contributed by atoms with Gasteiger partial charge in [0.2, 0.25) is 0 Å². The molecular formula is C11H21NO3. The maximum Gasteiger partial charge on any atom is 0.307 e. The Labute approximate surface area is 91.3 Å². The smallest absolute Gasteiger partial charge is 0.307 e. The van der Waals surface area contributed by atoms with E-state index in [9.17, 15) is 4.79 Å². The third kappa shape index (κ3) is 3.80. The van der Waals surface area contributed by atoms with Crippen molar-refractivity contribution in [2.45, 2.75) is 51.4 Å². The SMILES string of the molecule is CCOC(=O)CC(NC)C1CCC(C)O1. The molecule has 1 N–H and O–H groups in total. The minimum absolute atomic E-state index is 0.0778. The van der Waals surface area contributed by atoms with Crippen molar-refractivity contribution in [1.82, 2.24) is 5.32 Å². The van der Waals surface area contributed by atoms with Gasteiger partial charge in [-0.2, -0.15) is 0 Å². The number of esters is 1. The number of ether oxygens (including phenoxy) is 2. The van der Waals surface area contributed by atoms with Crippen LogP contribution in [0.25, 0.3) is 0 Å². The van der Waals surface area contributed by atoms with Gasteiger partial charge in [0, 0.05) is 6.04 Å². The molecule has 1 saturated heterocycles. The van der Waals surface area contributed by atoms with Crippen LogP contribution in [-0.4, -0.2) is 37.9 Å². The molecule has 1 aliphatic heterocycles. The van der Waals surface area contributed by atoms with Gasteiger partial charge in [0.1, 0.15) is 0 Å². The van der Waals surface area contributed by atoms with E-state index in [4.69, 9.17) is 9.47 Å². The second-order valence-electron chi connectivity index (χ2n) is 3.97. The standard InChI is InChI=1S/C11H21NO3/c1-4-14-11(13)7-9(12-3)10-6-5-8(2)15-10/h8-10,12H,4-7H2,1-3H3. The van der Waals surface area contributed by atoms with Gasteiger partial charge in [-0.15, -0.1) is 0 Å². The summed E-state index contributed by atoms with van der Waals surface area (Å²) in [5, 5.41) is 3.13. The zero-order valence-corrected chi connectivity index (χ0v) is 9.79. The minimum atomic E-state index is -0.153. The Bertz CT molecular complexity index is 208. The highest BCUT2D eigenvalue weighted by molar-refractivity contribution is 5.70. The van der Waals surface area contributed by atoms with Crippen molar-refractivity contribution in [1.29, 1.82) is 0 Å². The maximum atomic E-state index is 11.3. The summed E-state index contributed by atoms with van der Waals surface area (Å²) in [6.07, 6.45) is 2.95. The molecule has 4 heteroatoms. The highest BCUT2D eigenvalue weighted by Crippen LogP contribution is 2.23. The number of likely N-dealkylation sites (N-methyl/N-ethyl adjacent to an activating group) is 1. The Morgan fingerprint density at radius 2 is 2.33 bits per heavy atom. The molecule has 0 aromatic rings. The zero-order chi connectivity index (χ0) is 11.3. The Kier molecular flexibility index (Phi) is 5.05. The van der Waals surface area contributed by atoms with E-state index >= 15 is 0 Å². The summed E-state index contributed by atoms with van der Waals surface area (Å²) in [6.45, 7) is 4.33. The van der Waals surface area contributed by atoms with Crippen LogP contribution < -0.4 is 5.32 Å². The van der Waals surface area contributed by atoms with E-state index < -0.39 is 0 Å². The maximum absolute atomic E-state index is 11.3. The predicted octanol–water partition coefficient (Wildman–Crippen LogP) is 1.10. The van der Waals surface area contributed by atoms with Crippen LogP contribution in [0.2, 0.25) is 0 Å². The first-order valence-corrected chi connectivity index (χ1v) is 5.65. The molecule has 0 aliphatic carbocycles. The minimum Gasteiger partial charge on any atom is -0.466 e. The van der Waals surface area contributed by atoms with Crippen LogP contribution in [0.1, 0.15) is 33.1 Å². The third-order valence-electron chi connectivity index (χ3n) is 2.78. The van der Waals surface area contributed by atoms with Crippen LogP contribution in [0, 0.1) is 0 Å². The third-order valence-corrected chi connectivity index (χ3v) is 2.78. The molecule has 88 valence electrons. The Balaban J connectivity index is 2.38. The van der Waals surface area contributed by atoms with Gasteiger partial charge in [-0.3, -0.25) is 4.79 Å². The highest BCUT2D eigenvalue weighted by Gasteiger charge is 2.30. The van der Waals surface area contributed by atoms with Crippen LogP contribution in [0.3, 0.4) is 0 Å². The van der Waals surface area contributed by atoms with Crippen molar-refractivity contribution in [3.8, 4) is 0 Å². The number of carbonyl (C=O) groups is 1. The molecule has 0 radical (unpaired) electrons. The molecule has 1 heterocycles. The predicted molar refractivity (Wildman–Crippen MR) is 57.7 cm³/mol. The Morgan fingerprint density at radius 1 is 1.60 bits per heavy atom. The second kappa shape index (κ2) is 6.08. The quantitative estimate of drug-likeness (QED) is 0.698. The molecule has 3 atom stereocenters. The summed E-state index contributed by atoms with van der Waals surface area (Å²) in [7, 11) is 1.86. The van der Waals surface area contributed by atoms with Crippen LogP contribution >= 0.6 is 0 Å². The van der Waals surface area contributed by atoms with Crippen molar-refractivity contribution in [2.75, 3.05) is 13.7 Å². The molecule has 15 heavy (non-hydrogen) atoms. The van der Waals surface area contributed by atoms with E-state index in [1.165, 1.54) is 0 Å². The zero-order valence-electron chi connectivity index (χ0n) is 9.79. The van der Waals surface area contributed by atoms with Crippen molar-refractivity contribution >= 4 is 5.97 Å². The summed E-state index contributed by atoms with van der Waals surface area (Å²) >= 11 is 0. The highest BCUT2D eigenvalue weighted by atomic mass is 16.5. The summed E-state index contributed by atoms with van der Waals surface area (Å²) in [5.41, 5.74) is 0. The molecule has 4 nitrogen and oxygen atoms in total. The average molecular weight is 215 g/mol. The summed E-state index contributed by atoms with van der Waals surface area (Å²) in [5.74, 6) is -0.153. The number of rotatable bonds is 5. The molecule has 0 amide bonds. The first-order chi connectivity index (χ1) is 7.17. The molecule has 0 saturated carbocycles. The fourth-order valence-corrected chi connectivity index (χ4v) is 1.95. The van der Waals surface area contributed by atoms with Crippen molar-refractivity contribution < 1.29 is 14.3 Å². The van der Waals surface area contributed by atoms with E-state index in [2.05, 4.69) is 12.2 Å². The normalized spacial score (nSPS) is 27.7. The molecule has 0 bridgehead atoms. The van der Waals surface area contributed by atoms with Gasteiger partial charge in [0.25, 0.3) is 0 Å². The Hall–Kier alpha value is -0.610. The summed E-state index contributed by atoms with van der Waals surface area (Å²) in [4.78, 5) is 11.3. The van der Waals surface area contributed by atoms with Crippen LogP contribution in [0.15, 0.2) is 0 Å². The lowest BCUT2D eigenvalue weighted by Crippen LogP contribution is -2.39. The van der Waals surface area contributed by atoms with Crippen molar-refractivity contribution in [3.63, 3.8) is 0 Å². The second-order valence-corrected chi connectivity index (χ2v) is 3.97. The van der Waals surface area contributed by atoms with Gasteiger partial charge >= 0.3 is 5.97 Å². The summed E-state index contributed by atoms with van der Waals surface area (Å²) in [6, 6.07) is 0.0778. The number of nitrogens with one attached hydrogen (secondary N) is 1. The monoisotopic (exact) mass is 215 g/mol. The Morgan fingerprint density at radius 3 is 2.80 bits per heavy atom. The van der Waals surface area contributed by atoms with Crippen molar-refractivity contribution in [2.24, 2.45) is 0 Å². The molecule has 1 fully saturated rings. The van der Waals surface area contributed by atoms with E-state index in [1.807, 2.05) is 14.0 Å².